The molecule has 144 valence electrons. The van der Waals surface area contributed by atoms with E-state index in [-0.39, 0.29) is 18.4 Å². The van der Waals surface area contributed by atoms with E-state index >= 15 is 0 Å². The Morgan fingerprint density at radius 1 is 0.889 bits per heavy atom. The molecule has 0 saturated carbocycles. The monoisotopic (exact) mass is 368 g/mol. The van der Waals surface area contributed by atoms with Gasteiger partial charge in [-0.1, -0.05) is 42.5 Å². The van der Waals surface area contributed by atoms with Crippen molar-refractivity contribution in [1.29, 1.82) is 0 Å². The molecule has 6 nitrogen and oxygen atoms in total. The van der Waals surface area contributed by atoms with Crippen LogP contribution in [0.5, 0.6) is 0 Å². The fourth-order valence-electron chi connectivity index (χ4n) is 3.47. The van der Waals surface area contributed by atoms with Crippen molar-refractivity contribution < 1.29 is 9.59 Å². The zero-order valence-corrected chi connectivity index (χ0v) is 15.9. The summed E-state index contributed by atoms with van der Waals surface area (Å²) in [6, 6.07) is 15.0. The highest BCUT2D eigenvalue weighted by Crippen LogP contribution is 2.20. The number of carbonyl (C=O) groups is 2. The Kier molecular flexibility index (Phi) is 6.79. The molecule has 0 aromatic heterocycles. The number of carbonyl (C=O) groups excluding carboxylic acids is 2. The second kappa shape index (κ2) is 9.48. The van der Waals surface area contributed by atoms with Crippen LogP contribution in [-0.2, 0) is 16.1 Å². The second-order valence-electron chi connectivity index (χ2n) is 6.92. The quantitative estimate of drug-likeness (QED) is 0.771. The van der Waals surface area contributed by atoms with Crippen molar-refractivity contribution in [3.05, 3.63) is 48.0 Å². The van der Waals surface area contributed by atoms with E-state index in [4.69, 9.17) is 0 Å². The molecular formula is C21H28N4O2. The molecule has 1 fully saturated rings. The van der Waals surface area contributed by atoms with Crippen molar-refractivity contribution >= 4 is 22.6 Å². The van der Waals surface area contributed by atoms with E-state index in [1.807, 2.05) is 6.92 Å². The van der Waals surface area contributed by atoms with E-state index in [0.29, 0.717) is 13.1 Å². The summed E-state index contributed by atoms with van der Waals surface area (Å²) < 4.78 is 0. The number of nitrogens with one attached hydrogen (secondary N) is 2. The Hall–Kier alpha value is -2.44. The number of nitrogens with zero attached hydrogens (tertiary/aromatic N) is 2. The first-order chi connectivity index (χ1) is 13.2. The van der Waals surface area contributed by atoms with Gasteiger partial charge in [-0.15, -0.1) is 0 Å². The minimum absolute atomic E-state index is 0.0493. The molecule has 1 heterocycles. The summed E-state index contributed by atoms with van der Waals surface area (Å²) in [6.45, 7) is 7.36. The van der Waals surface area contributed by atoms with Crippen LogP contribution in [0.15, 0.2) is 42.5 Å². The molecule has 2 amide bonds. The standard InChI is InChI=1S/C21H28N4O2/c1-2-22-20(26)14-23-21(27)16-25-12-10-24(11-13-25)15-18-8-5-7-17-6-3-4-9-19(17)18/h3-9H,2,10-16H2,1H3,(H,22,26)(H,23,27). The lowest BCUT2D eigenvalue weighted by Gasteiger charge is -2.34. The summed E-state index contributed by atoms with van der Waals surface area (Å²) >= 11 is 0. The summed E-state index contributed by atoms with van der Waals surface area (Å²) in [5.74, 6) is -0.241. The van der Waals surface area contributed by atoms with Crippen molar-refractivity contribution in [3.8, 4) is 0 Å². The Bertz CT molecular complexity index is 779. The Morgan fingerprint density at radius 2 is 1.59 bits per heavy atom. The van der Waals surface area contributed by atoms with E-state index in [1.165, 1.54) is 16.3 Å². The largest absolute Gasteiger partial charge is 0.355 e. The Balaban J connectivity index is 1.45. The summed E-state index contributed by atoms with van der Waals surface area (Å²) in [5, 5.41) is 7.94. The molecule has 0 aliphatic carbocycles. The van der Waals surface area contributed by atoms with Gasteiger partial charge in [0, 0.05) is 39.3 Å². The highest BCUT2D eigenvalue weighted by atomic mass is 16.2. The molecular weight excluding hydrogens is 340 g/mol. The topological polar surface area (TPSA) is 64.7 Å². The van der Waals surface area contributed by atoms with Crippen molar-refractivity contribution in [2.24, 2.45) is 0 Å². The minimum atomic E-state index is -0.147. The maximum Gasteiger partial charge on any atom is 0.239 e. The molecule has 1 saturated heterocycles. The molecule has 6 heteroatoms. The smallest absolute Gasteiger partial charge is 0.239 e. The average Bonchev–Trinajstić information content (AvgIpc) is 2.68. The lowest BCUT2D eigenvalue weighted by Crippen LogP contribution is -2.49. The number of rotatable bonds is 7. The van der Waals surface area contributed by atoms with Crippen LogP contribution in [0.1, 0.15) is 12.5 Å². The molecule has 1 aliphatic rings. The number of likely N-dealkylation sites (N-methyl/N-ethyl adjacent to an activating group) is 1. The first-order valence-corrected chi connectivity index (χ1v) is 9.60. The van der Waals surface area contributed by atoms with E-state index < -0.39 is 0 Å². The third kappa shape index (κ3) is 5.52. The third-order valence-corrected chi connectivity index (χ3v) is 4.93. The summed E-state index contributed by atoms with van der Waals surface area (Å²) in [6.07, 6.45) is 0. The molecule has 0 unspecified atom stereocenters. The molecule has 27 heavy (non-hydrogen) atoms. The summed E-state index contributed by atoms with van der Waals surface area (Å²) in [7, 11) is 0. The lowest BCUT2D eigenvalue weighted by molar-refractivity contribution is -0.127. The molecule has 0 radical (unpaired) electrons. The van der Waals surface area contributed by atoms with Crippen LogP contribution in [0, 0.1) is 0 Å². The molecule has 0 atom stereocenters. The number of fused-ring (bicyclic) bond motifs is 1. The number of benzene rings is 2. The predicted molar refractivity (Wildman–Crippen MR) is 107 cm³/mol. The van der Waals surface area contributed by atoms with Crippen molar-refractivity contribution in [1.82, 2.24) is 20.4 Å². The van der Waals surface area contributed by atoms with Gasteiger partial charge in [-0.3, -0.25) is 19.4 Å². The van der Waals surface area contributed by atoms with Crippen LogP contribution in [0.3, 0.4) is 0 Å². The van der Waals surface area contributed by atoms with Crippen molar-refractivity contribution in [3.63, 3.8) is 0 Å². The van der Waals surface area contributed by atoms with Gasteiger partial charge < -0.3 is 10.6 Å². The van der Waals surface area contributed by atoms with Crippen LogP contribution in [0.4, 0.5) is 0 Å². The normalized spacial score (nSPS) is 15.6. The highest BCUT2D eigenvalue weighted by Gasteiger charge is 2.19. The zero-order chi connectivity index (χ0) is 19.1. The van der Waals surface area contributed by atoms with Crippen molar-refractivity contribution in [2.75, 3.05) is 45.8 Å². The van der Waals surface area contributed by atoms with Gasteiger partial charge >= 0.3 is 0 Å². The molecule has 0 spiro atoms. The maximum absolute atomic E-state index is 12.0. The van der Waals surface area contributed by atoms with Gasteiger partial charge in [-0.05, 0) is 23.3 Å². The Morgan fingerprint density at radius 3 is 2.37 bits per heavy atom. The molecule has 2 N–H and O–H groups in total. The van der Waals surface area contributed by atoms with Gasteiger partial charge in [0.25, 0.3) is 0 Å². The van der Waals surface area contributed by atoms with E-state index in [0.717, 1.165) is 32.7 Å². The van der Waals surface area contributed by atoms with Gasteiger partial charge in [0.2, 0.25) is 11.8 Å². The predicted octanol–water partition coefficient (Wildman–Crippen LogP) is 1.21. The lowest BCUT2D eigenvalue weighted by atomic mass is 10.0. The van der Waals surface area contributed by atoms with Crippen molar-refractivity contribution in [2.45, 2.75) is 13.5 Å². The summed E-state index contributed by atoms with van der Waals surface area (Å²) in [4.78, 5) is 28.0. The van der Waals surface area contributed by atoms with E-state index in [9.17, 15) is 9.59 Å². The van der Waals surface area contributed by atoms with Gasteiger partial charge in [-0.25, -0.2) is 0 Å². The van der Waals surface area contributed by atoms with Gasteiger partial charge in [0.05, 0.1) is 13.1 Å². The average molecular weight is 368 g/mol. The fourth-order valence-corrected chi connectivity index (χ4v) is 3.47. The number of piperazine rings is 1. The maximum atomic E-state index is 12.0. The summed E-state index contributed by atoms with van der Waals surface area (Å²) in [5.41, 5.74) is 1.35. The van der Waals surface area contributed by atoms with Gasteiger partial charge in [0.1, 0.15) is 0 Å². The van der Waals surface area contributed by atoms with Crippen LogP contribution in [-0.4, -0.2) is 67.4 Å². The molecule has 2 aromatic rings. The number of amides is 2. The Labute approximate surface area is 160 Å². The molecule has 2 aromatic carbocycles. The first-order valence-electron chi connectivity index (χ1n) is 9.60. The SMILES string of the molecule is CCNC(=O)CNC(=O)CN1CCN(Cc2cccc3ccccc23)CC1. The molecule has 3 rings (SSSR count). The third-order valence-electron chi connectivity index (χ3n) is 4.93. The minimum Gasteiger partial charge on any atom is -0.355 e. The van der Waals surface area contributed by atoms with Crippen LogP contribution >= 0.6 is 0 Å². The second-order valence-corrected chi connectivity index (χ2v) is 6.92. The number of hydrogen-bond donors (Lipinski definition) is 2. The molecule has 0 bridgehead atoms. The fraction of sp³-hybridized carbons (Fsp3) is 0.429. The van der Waals surface area contributed by atoms with Gasteiger partial charge in [0.15, 0.2) is 0 Å². The van der Waals surface area contributed by atoms with Crippen LogP contribution < -0.4 is 10.6 Å². The van der Waals surface area contributed by atoms with E-state index in [2.05, 4.69) is 62.9 Å². The van der Waals surface area contributed by atoms with Crippen LogP contribution in [0.25, 0.3) is 10.8 Å². The van der Waals surface area contributed by atoms with Gasteiger partial charge in [-0.2, -0.15) is 0 Å². The number of hydrogen-bond acceptors (Lipinski definition) is 4. The van der Waals surface area contributed by atoms with Crippen LogP contribution in [0.2, 0.25) is 0 Å². The van der Waals surface area contributed by atoms with E-state index in [1.54, 1.807) is 0 Å². The first kappa shape index (κ1) is 19.3. The molecule has 1 aliphatic heterocycles. The zero-order valence-electron chi connectivity index (χ0n) is 15.9. The highest BCUT2D eigenvalue weighted by molar-refractivity contribution is 5.86.